The van der Waals surface area contributed by atoms with Crippen LogP contribution in [-0.4, -0.2) is 52.3 Å². The van der Waals surface area contributed by atoms with Gasteiger partial charge in [-0.2, -0.15) is 8.42 Å². The minimum atomic E-state index is -4.02. The standard InChI is InChI=1S/C21H27FN6O4S2/c1-13-23-18(10-28(13)4)34(30,31)27-17-9-16(26-21(2,3)12-29)24-20(25-17)33-11-14-7-6-8-15(32-5)19(14)22/h6-10,29H,11-12H2,1-5H3,(H2,24,25,26,27). The third-order valence-electron chi connectivity index (χ3n) is 4.79. The van der Waals surface area contributed by atoms with Crippen LogP contribution >= 0.6 is 11.8 Å². The number of aliphatic hydroxyl groups excluding tert-OH is 1. The van der Waals surface area contributed by atoms with Crippen LogP contribution in [0.4, 0.5) is 16.0 Å². The van der Waals surface area contributed by atoms with Gasteiger partial charge in [0.25, 0.3) is 10.0 Å². The summed E-state index contributed by atoms with van der Waals surface area (Å²) < 4.78 is 49.3. The highest BCUT2D eigenvalue weighted by molar-refractivity contribution is 7.98. The lowest BCUT2D eigenvalue weighted by Crippen LogP contribution is -2.35. The van der Waals surface area contributed by atoms with Crippen molar-refractivity contribution in [2.75, 3.05) is 23.8 Å². The Morgan fingerprint density at radius 3 is 2.56 bits per heavy atom. The third-order valence-corrected chi connectivity index (χ3v) is 6.91. The van der Waals surface area contributed by atoms with Gasteiger partial charge in [0, 0.05) is 30.6 Å². The van der Waals surface area contributed by atoms with Crippen LogP contribution < -0.4 is 14.8 Å². The maximum Gasteiger partial charge on any atom is 0.282 e. The summed E-state index contributed by atoms with van der Waals surface area (Å²) in [5.41, 5.74) is -0.350. The molecule has 0 radical (unpaired) electrons. The van der Waals surface area contributed by atoms with Crippen molar-refractivity contribution in [3.05, 3.63) is 47.7 Å². The Hall–Kier alpha value is -2.90. The van der Waals surface area contributed by atoms with E-state index in [-0.39, 0.29) is 39.9 Å². The van der Waals surface area contributed by atoms with Gasteiger partial charge in [0.05, 0.1) is 19.3 Å². The first-order valence-corrected chi connectivity index (χ1v) is 12.7. The second-order valence-corrected chi connectivity index (χ2v) is 10.7. The second kappa shape index (κ2) is 10.2. The van der Waals surface area contributed by atoms with Crippen LogP contribution in [-0.2, 0) is 22.8 Å². The first kappa shape index (κ1) is 25.7. The number of nitrogens with zero attached hydrogens (tertiary/aromatic N) is 4. The molecule has 10 nitrogen and oxygen atoms in total. The molecule has 2 aromatic heterocycles. The Morgan fingerprint density at radius 2 is 1.94 bits per heavy atom. The molecule has 13 heteroatoms. The Kier molecular flexibility index (Phi) is 7.68. The minimum absolute atomic E-state index is 0.00293. The number of hydrogen-bond donors (Lipinski definition) is 3. The number of methoxy groups -OCH3 is 1. The number of ether oxygens (including phenoxy) is 1. The van der Waals surface area contributed by atoms with Gasteiger partial charge in [0.2, 0.25) is 0 Å². The van der Waals surface area contributed by atoms with Gasteiger partial charge in [-0.05, 0) is 26.8 Å². The highest BCUT2D eigenvalue weighted by Crippen LogP contribution is 2.28. The molecule has 3 rings (SSSR count). The number of aliphatic hydroxyl groups is 1. The molecular formula is C21H27FN6O4S2. The molecule has 0 saturated heterocycles. The number of aryl methyl sites for hydroxylation is 2. The van der Waals surface area contributed by atoms with Gasteiger partial charge in [-0.15, -0.1) is 0 Å². The molecule has 1 aromatic carbocycles. The van der Waals surface area contributed by atoms with Crippen LogP contribution in [0, 0.1) is 12.7 Å². The van der Waals surface area contributed by atoms with E-state index in [9.17, 15) is 17.9 Å². The molecule has 0 atom stereocenters. The van der Waals surface area contributed by atoms with Crippen LogP contribution in [0.5, 0.6) is 5.75 Å². The van der Waals surface area contributed by atoms with Crippen LogP contribution in [0.15, 0.2) is 40.6 Å². The van der Waals surface area contributed by atoms with Crippen molar-refractivity contribution in [1.29, 1.82) is 0 Å². The van der Waals surface area contributed by atoms with Gasteiger partial charge in [0.1, 0.15) is 17.5 Å². The summed E-state index contributed by atoms with van der Waals surface area (Å²) in [4.78, 5) is 12.7. The normalized spacial score (nSPS) is 12.0. The molecule has 0 fully saturated rings. The largest absolute Gasteiger partial charge is 0.494 e. The van der Waals surface area contributed by atoms with E-state index >= 15 is 0 Å². The highest BCUT2D eigenvalue weighted by Gasteiger charge is 2.22. The number of halogens is 1. The lowest BCUT2D eigenvalue weighted by Gasteiger charge is -2.24. The quantitative estimate of drug-likeness (QED) is 0.278. The van der Waals surface area contributed by atoms with Gasteiger partial charge >= 0.3 is 0 Å². The molecule has 2 heterocycles. The van der Waals surface area contributed by atoms with E-state index in [1.165, 1.54) is 25.4 Å². The molecule has 0 saturated carbocycles. The number of rotatable bonds is 10. The summed E-state index contributed by atoms with van der Waals surface area (Å²) in [6, 6.07) is 6.23. The minimum Gasteiger partial charge on any atom is -0.494 e. The van der Waals surface area contributed by atoms with Gasteiger partial charge in [-0.1, -0.05) is 23.9 Å². The van der Waals surface area contributed by atoms with E-state index in [1.807, 2.05) is 0 Å². The molecule has 0 aliphatic rings. The van der Waals surface area contributed by atoms with E-state index in [0.29, 0.717) is 11.4 Å². The number of sulfonamides is 1. The summed E-state index contributed by atoms with van der Waals surface area (Å²) in [5, 5.41) is 12.7. The predicted octanol–water partition coefficient (Wildman–Crippen LogP) is 2.94. The Labute approximate surface area is 202 Å². The molecule has 34 heavy (non-hydrogen) atoms. The molecule has 0 aliphatic heterocycles. The van der Waals surface area contributed by atoms with Crippen LogP contribution in [0.2, 0.25) is 0 Å². The van der Waals surface area contributed by atoms with Gasteiger partial charge in [-0.25, -0.2) is 19.3 Å². The van der Waals surface area contributed by atoms with Crippen molar-refractivity contribution in [3.63, 3.8) is 0 Å². The third kappa shape index (κ3) is 6.15. The molecule has 3 N–H and O–H groups in total. The van der Waals surface area contributed by atoms with Crippen molar-refractivity contribution >= 4 is 33.4 Å². The van der Waals surface area contributed by atoms with Gasteiger partial charge < -0.3 is 19.7 Å². The highest BCUT2D eigenvalue weighted by atomic mass is 32.2. The fourth-order valence-corrected chi connectivity index (χ4v) is 4.67. The average molecular weight is 511 g/mol. The number of benzene rings is 1. The fourth-order valence-electron chi connectivity index (χ4n) is 2.81. The number of hydrogen-bond acceptors (Lipinski definition) is 9. The molecule has 184 valence electrons. The Morgan fingerprint density at radius 1 is 1.24 bits per heavy atom. The van der Waals surface area contributed by atoms with E-state index < -0.39 is 21.4 Å². The Balaban J connectivity index is 1.92. The first-order valence-electron chi connectivity index (χ1n) is 10.2. The van der Waals surface area contributed by atoms with Crippen LogP contribution in [0.25, 0.3) is 0 Å². The monoisotopic (exact) mass is 510 g/mol. The van der Waals surface area contributed by atoms with Crippen molar-refractivity contribution in [2.24, 2.45) is 7.05 Å². The predicted molar refractivity (Wildman–Crippen MR) is 128 cm³/mol. The number of imidazole rings is 1. The molecular weight excluding hydrogens is 483 g/mol. The fraction of sp³-hybridized carbons (Fsp3) is 0.381. The Bertz CT molecular complexity index is 1260. The number of aromatic nitrogens is 4. The van der Waals surface area contributed by atoms with Crippen molar-refractivity contribution in [2.45, 2.75) is 42.2 Å². The first-order chi connectivity index (χ1) is 15.9. The van der Waals surface area contributed by atoms with Crippen molar-refractivity contribution < 1.29 is 22.7 Å². The summed E-state index contributed by atoms with van der Waals surface area (Å²) in [6.45, 7) is 5.01. The molecule has 0 unspecified atom stereocenters. The molecule has 3 aromatic rings. The van der Waals surface area contributed by atoms with E-state index in [4.69, 9.17) is 4.74 Å². The molecule has 0 bridgehead atoms. The summed E-state index contributed by atoms with van der Waals surface area (Å²) in [6.07, 6.45) is 1.40. The second-order valence-electron chi connectivity index (χ2n) is 8.15. The molecule has 0 amide bonds. The molecule has 0 spiro atoms. The zero-order valence-corrected chi connectivity index (χ0v) is 21.1. The number of thioether (sulfide) groups is 1. The zero-order chi connectivity index (χ0) is 25.1. The van der Waals surface area contributed by atoms with Gasteiger partial charge in [-0.3, -0.25) is 4.72 Å². The lowest BCUT2D eigenvalue weighted by atomic mass is 10.1. The SMILES string of the molecule is COc1cccc(CSc2nc(NC(C)(C)CO)cc(NS(=O)(=O)c3cn(C)c(C)n3)n2)c1F. The smallest absolute Gasteiger partial charge is 0.282 e. The van der Waals surface area contributed by atoms with Crippen LogP contribution in [0.3, 0.4) is 0 Å². The lowest BCUT2D eigenvalue weighted by molar-refractivity contribution is 0.234. The van der Waals surface area contributed by atoms with Crippen molar-refractivity contribution in [3.8, 4) is 5.75 Å². The maximum absolute atomic E-state index is 14.5. The summed E-state index contributed by atoms with van der Waals surface area (Å²) in [5.74, 6) is 0.645. The maximum atomic E-state index is 14.5. The topological polar surface area (TPSA) is 131 Å². The summed E-state index contributed by atoms with van der Waals surface area (Å²) in [7, 11) is -0.937. The van der Waals surface area contributed by atoms with Crippen LogP contribution in [0.1, 0.15) is 25.2 Å². The average Bonchev–Trinajstić information content (AvgIpc) is 3.11. The van der Waals surface area contributed by atoms with E-state index in [2.05, 4.69) is 25.0 Å². The zero-order valence-electron chi connectivity index (χ0n) is 19.5. The summed E-state index contributed by atoms with van der Waals surface area (Å²) >= 11 is 1.12. The van der Waals surface area contributed by atoms with E-state index in [1.54, 1.807) is 44.5 Å². The van der Waals surface area contributed by atoms with Crippen molar-refractivity contribution in [1.82, 2.24) is 19.5 Å². The van der Waals surface area contributed by atoms with Gasteiger partial charge in [0.15, 0.2) is 21.7 Å². The molecule has 0 aliphatic carbocycles. The van der Waals surface area contributed by atoms with E-state index in [0.717, 1.165) is 11.8 Å². The number of anilines is 2. The number of nitrogens with one attached hydrogen (secondary N) is 2.